The Morgan fingerprint density at radius 2 is 2.00 bits per heavy atom. The van der Waals surface area contributed by atoms with Crippen LogP contribution in [0.15, 0.2) is 59.9 Å². The average Bonchev–Trinajstić information content (AvgIpc) is 2.93. The lowest BCUT2D eigenvalue weighted by Gasteiger charge is -2.07. The molecule has 0 saturated carbocycles. The Labute approximate surface area is 146 Å². The number of rotatable bonds is 5. The van der Waals surface area contributed by atoms with Crippen LogP contribution in [0.1, 0.15) is 28.1 Å². The van der Waals surface area contributed by atoms with Gasteiger partial charge in [0.2, 0.25) is 0 Å². The fourth-order valence-electron chi connectivity index (χ4n) is 2.71. The molecule has 1 aromatic carbocycles. The van der Waals surface area contributed by atoms with Gasteiger partial charge in [0.1, 0.15) is 12.4 Å². The molecule has 5 heteroatoms. The lowest BCUT2D eigenvalue weighted by molar-refractivity contribution is 0.132. The number of aromatic nitrogens is 2. The van der Waals surface area contributed by atoms with Crippen LogP contribution in [0.4, 0.5) is 0 Å². The van der Waals surface area contributed by atoms with E-state index in [0.717, 1.165) is 28.3 Å². The average molecular weight is 330 g/mol. The lowest BCUT2D eigenvalue weighted by Crippen LogP contribution is -2.01. The summed E-state index contributed by atoms with van der Waals surface area (Å²) < 4.78 is 2.08. The van der Waals surface area contributed by atoms with Crippen molar-refractivity contribution in [3.05, 3.63) is 82.8 Å². The Hall–Kier alpha value is -3.39. The highest BCUT2D eigenvalue weighted by Gasteiger charge is 2.10. The molecule has 3 aromatic rings. The predicted octanol–water partition coefficient (Wildman–Crippen LogP) is 3.91. The summed E-state index contributed by atoms with van der Waals surface area (Å²) in [6, 6.07) is 17.4. The summed E-state index contributed by atoms with van der Waals surface area (Å²) in [4.78, 5) is 9.77. The summed E-state index contributed by atoms with van der Waals surface area (Å²) in [5.41, 5.74) is 4.51. The molecule has 0 aliphatic rings. The van der Waals surface area contributed by atoms with Crippen molar-refractivity contribution >= 4 is 6.21 Å². The third-order valence-corrected chi connectivity index (χ3v) is 3.97. The van der Waals surface area contributed by atoms with Crippen molar-refractivity contribution in [3.63, 3.8) is 0 Å². The van der Waals surface area contributed by atoms with Gasteiger partial charge < -0.3 is 9.40 Å². The van der Waals surface area contributed by atoms with Gasteiger partial charge in [0.15, 0.2) is 0 Å². The summed E-state index contributed by atoms with van der Waals surface area (Å²) in [5, 5.41) is 13.1. The predicted molar refractivity (Wildman–Crippen MR) is 96.6 cm³/mol. The summed E-state index contributed by atoms with van der Waals surface area (Å²) in [5.74, 6) is 0.876. The number of nitriles is 1. The summed E-state index contributed by atoms with van der Waals surface area (Å²) >= 11 is 0. The molecule has 2 aromatic heterocycles. The molecule has 0 aliphatic carbocycles. The maximum atomic E-state index is 9.08. The highest BCUT2D eigenvalue weighted by Crippen LogP contribution is 2.18. The molecule has 2 heterocycles. The Morgan fingerprint density at radius 1 is 1.20 bits per heavy atom. The van der Waals surface area contributed by atoms with Crippen molar-refractivity contribution in [1.29, 1.82) is 5.26 Å². The monoisotopic (exact) mass is 330 g/mol. The number of hydrogen-bond donors (Lipinski definition) is 0. The largest absolute Gasteiger partial charge is 0.391 e. The second-order valence-electron chi connectivity index (χ2n) is 5.63. The summed E-state index contributed by atoms with van der Waals surface area (Å²) in [6.07, 6.45) is 3.47. The molecule has 0 atom stereocenters. The van der Waals surface area contributed by atoms with Crippen LogP contribution in [0.3, 0.4) is 0 Å². The second kappa shape index (κ2) is 7.45. The van der Waals surface area contributed by atoms with E-state index in [2.05, 4.69) is 20.8 Å². The highest BCUT2D eigenvalue weighted by molar-refractivity contribution is 5.81. The first-order valence-electron chi connectivity index (χ1n) is 7.94. The Kier molecular flexibility index (Phi) is 4.91. The van der Waals surface area contributed by atoms with Gasteiger partial charge in [-0.15, -0.1) is 0 Å². The van der Waals surface area contributed by atoms with Gasteiger partial charge in [-0.3, -0.25) is 0 Å². The number of benzene rings is 1. The van der Waals surface area contributed by atoms with Gasteiger partial charge in [-0.25, -0.2) is 4.98 Å². The zero-order valence-electron chi connectivity index (χ0n) is 14.2. The number of oxime groups is 1. The van der Waals surface area contributed by atoms with Crippen LogP contribution in [0.25, 0.3) is 5.82 Å². The first-order chi connectivity index (χ1) is 12.2. The van der Waals surface area contributed by atoms with Crippen molar-refractivity contribution in [3.8, 4) is 11.9 Å². The Balaban J connectivity index is 1.74. The van der Waals surface area contributed by atoms with Gasteiger partial charge in [0.25, 0.3) is 0 Å². The van der Waals surface area contributed by atoms with Gasteiger partial charge in [-0.1, -0.05) is 29.4 Å². The molecule has 0 saturated heterocycles. The molecule has 0 aliphatic heterocycles. The van der Waals surface area contributed by atoms with E-state index in [0.29, 0.717) is 5.56 Å². The van der Waals surface area contributed by atoms with Crippen molar-refractivity contribution in [2.24, 2.45) is 5.16 Å². The minimum absolute atomic E-state index is 0.263. The van der Waals surface area contributed by atoms with Gasteiger partial charge in [0, 0.05) is 28.7 Å². The third-order valence-electron chi connectivity index (χ3n) is 3.97. The number of pyridine rings is 1. The van der Waals surface area contributed by atoms with E-state index in [-0.39, 0.29) is 6.61 Å². The standard InChI is InChI=1S/C20H18N4O/c1-15-11-19(16(2)24(15)20-9-5-6-10-22-20)13-23-25-14-18-8-4-3-7-17(18)12-21/h3-11,13H,14H2,1-2H3/b23-13-. The number of hydrogen-bond acceptors (Lipinski definition) is 4. The number of aryl methyl sites for hydroxylation is 1. The molecule has 0 amide bonds. The van der Waals surface area contributed by atoms with Crippen LogP contribution in [-0.2, 0) is 11.4 Å². The summed E-state index contributed by atoms with van der Waals surface area (Å²) in [7, 11) is 0. The van der Waals surface area contributed by atoms with E-state index in [1.165, 1.54) is 0 Å². The molecule has 5 nitrogen and oxygen atoms in total. The highest BCUT2D eigenvalue weighted by atomic mass is 16.6. The van der Waals surface area contributed by atoms with E-state index in [9.17, 15) is 0 Å². The molecule has 25 heavy (non-hydrogen) atoms. The van der Waals surface area contributed by atoms with Crippen LogP contribution < -0.4 is 0 Å². The third kappa shape index (κ3) is 3.59. The minimum atomic E-state index is 0.263. The minimum Gasteiger partial charge on any atom is -0.391 e. The van der Waals surface area contributed by atoms with Crippen LogP contribution >= 0.6 is 0 Å². The molecule has 124 valence electrons. The fraction of sp³-hybridized carbons (Fsp3) is 0.150. The van der Waals surface area contributed by atoms with Crippen molar-refractivity contribution < 1.29 is 4.84 Å². The first-order valence-corrected chi connectivity index (χ1v) is 7.94. The van der Waals surface area contributed by atoms with Crippen molar-refractivity contribution in [2.75, 3.05) is 0 Å². The van der Waals surface area contributed by atoms with E-state index in [4.69, 9.17) is 10.1 Å². The van der Waals surface area contributed by atoms with Gasteiger partial charge in [0.05, 0.1) is 17.8 Å². The second-order valence-corrected chi connectivity index (χ2v) is 5.63. The Bertz CT molecular complexity index is 936. The molecule has 0 spiro atoms. The fourth-order valence-corrected chi connectivity index (χ4v) is 2.71. The molecular formula is C20H18N4O. The van der Waals surface area contributed by atoms with Gasteiger partial charge in [-0.05, 0) is 38.1 Å². The molecular weight excluding hydrogens is 312 g/mol. The molecule has 0 bridgehead atoms. The van der Waals surface area contributed by atoms with Crippen molar-refractivity contribution in [1.82, 2.24) is 9.55 Å². The zero-order valence-corrected chi connectivity index (χ0v) is 14.2. The normalized spacial score (nSPS) is 10.8. The molecule has 0 fully saturated rings. The van der Waals surface area contributed by atoms with Crippen LogP contribution in [-0.4, -0.2) is 15.8 Å². The maximum absolute atomic E-state index is 9.08. The van der Waals surface area contributed by atoms with Crippen LogP contribution in [0, 0.1) is 25.2 Å². The van der Waals surface area contributed by atoms with Gasteiger partial charge in [-0.2, -0.15) is 5.26 Å². The maximum Gasteiger partial charge on any atom is 0.143 e. The smallest absolute Gasteiger partial charge is 0.143 e. The molecule has 3 rings (SSSR count). The molecule has 0 unspecified atom stereocenters. The lowest BCUT2D eigenvalue weighted by atomic mass is 10.1. The first kappa shape index (κ1) is 16.5. The van der Waals surface area contributed by atoms with E-state index in [1.807, 2.05) is 56.3 Å². The quantitative estimate of drug-likeness (QED) is 0.526. The van der Waals surface area contributed by atoms with Crippen LogP contribution in [0.5, 0.6) is 0 Å². The number of nitrogens with zero attached hydrogens (tertiary/aromatic N) is 4. The van der Waals surface area contributed by atoms with Crippen LogP contribution in [0.2, 0.25) is 0 Å². The summed E-state index contributed by atoms with van der Waals surface area (Å²) in [6.45, 7) is 4.32. The van der Waals surface area contributed by atoms with E-state index in [1.54, 1.807) is 18.5 Å². The SMILES string of the molecule is Cc1cc(/C=N\OCc2ccccc2C#N)c(C)n1-c1ccccn1. The van der Waals surface area contributed by atoms with Gasteiger partial charge >= 0.3 is 0 Å². The Morgan fingerprint density at radius 3 is 2.76 bits per heavy atom. The van der Waals surface area contributed by atoms with E-state index < -0.39 is 0 Å². The van der Waals surface area contributed by atoms with Crippen molar-refractivity contribution in [2.45, 2.75) is 20.5 Å². The molecule has 0 radical (unpaired) electrons. The zero-order chi connectivity index (χ0) is 17.6. The topological polar surface area (TPSA) is 63.2 Å². The molecule has 0 N–H and O–H groups in total. The van der Waals surface area contributed by atoms with E-state index >= 15 is 0 Å².